The molecule has 0 spiro atoms. The summed E-state index contributed by atoms with van der Waals surface area (Å²) in [4.78, 5) is 14.3. The zero-order chi connectivity index (χ0) is 12.5. The monoisotopic (exact) mass is 239 g/mol. The van der Waals surface area contributed by atoms with Crippen LogP contribution in [-0.2, 0) is 0 Å². The molecule has 88 valence electrons. The van der Waals surface area contributed by atoms with E-state index < -0.39 is 4.92 Å². The predicted octanol–water partition coefficient (Wildman–Crippen LogP) is 2.93. The van der Waals surface area contributed by atoms with Gasteiger partial charge in [0.25, 0.3) is 5.69 Å². The third kappa shape index (κ3) is 1.62. The topological polar surface area (TPSA) is 61.0 Å². The van der Waals surface area contributed by atoms with Gasteiger partial charge in [0.2, 0.25) is 0 Å². The van der Waals surface area contributed by atoms with Crippen LogP contribution in [0.15, 0.2) is 55.0 Å². The fraction of sp³-hybridized carbons (Fsp3) is 0. The number of pyridine rings is 1. The Hall–Kier alpha value is -2.69. The lowest BCUT2D eigenvalue weighted by Crippen LogP contribution is -1.93. The zero-order valence-electron chi connectivity index (χ0n) is 9.35. The average Bonchev–Trinajstić information content (AvgIpc) is 2.82. The van der Waals surface area contributed by atoms with E-state index in [0.717, 1.165) is 16.6 Å². The normalized spacial score (nSPS) is 10.7. The molecule has 2 heterocycles. The summed E-state index contributed by atoms with van der Waals surface area (Å²) in [5.41, 5.74) is 2.01. The van der Waals surface area contributed by atoms with Crippen molar-refractivity contribution in [1.82, 2.24) is 9.55 Å². The van der Waals surface area contributed by atoms with Crippen molar-refractivity contribution in [1.29, 1.82) is 0 Å². The zero-order valence-corrected chi connectivity index (χ0v) is 9.35. The van der Waals surface area contributed by atoms with Crippen LogP contribution in [-0.4, -0.2) is 14.5 Å². The molecular weight excluding hydrogens is 230 g/mol. The van der Waals surface area contributed by atoms with Gasteiger partial charge in [-0.05, 0) is 24.3 Å². The number of aromatic nitrogens is 2. The maximum atomic E-state index is 10.6. The Kier molecular flexibility index (Phi) is 2.30. The van der Waals surface area contributed by atoms with Crippen molar-refractivity contribution in [2.75, 3.05) is 0 Å². The van der Waals surface area contributed by atoms with Gasteiger partial charge in [0.1, 0.15) is 0 Å². The van der Waals surface area contributed by atoms with E-state index >= 15 is 0 Å². The molecule has 18 heavy (non-hydrogen) atoms. The van der Waals surface area contributed by atoms with Crippen LogP contribution in [0.25, 0.3) is 16.6 Å². The Morgan fingerprint density at radius 2 is 1.89 bits per heavy atom. The summed E-state index contributed by atoms with van der Waals surface area (Å²) in [6, 6.07) is 10.3. The number of fused-ring (bicyclic) bond motifs is 1. The molecule has 0 radical (unpaired) electrons. The molecule has 0 aliphatic heterocycles. The minimum Gasteiger partial charge on any atom is -0.316 e. The highest BCUT2D eigenvalue weighted by molar-refractivity contribution is 5.80. The number of hydrogen-bond acceptors (Lipinski definition) is 3. The van der Waals surface area contributed by atoms with Crippen LogP contribution in [0.5, 0.6) is 0 Å². The van der Waals surface area contributed by atoms with E-state index in [2.05, 4.69) is 4.98 Å². The van der Waals surface area contributed by atoms with Crippen molar-refractivity contribution in [3.05, 3.63) is 65.1 Å². The lowest BCUT2D eigenvalue weighted by atomic mass is 10.2. The molecule has 0 atom stereocenters. The Balaban J connectivity index is 2.12. The molecule has 0 amide bonds. The molecule has 1 aromatic carbocycles. The summed E-state index contributed by atoms with van der Waals surface area (Å²) in [5, 5.41) is 11.6. The lowest BCUT2D eigenvalue weighted by molar-refractivity contribution is -0.384. The minimum atomic E-state index is -0.401. The summed E-state index contributed by atoms with van der Waals surface area (Å²) in [7, 11) is 0. The smallest absolute Gasteiger partial charge is 0.269 e. The molecule has 0 fully saturated rings. The van der Waals surface area contributed by atoms with E-state index in [-0.39, 0.29) is 5.69 Å². The van der Waals surface area contributed by atoms with Gasteiger partial charge in [-0.2, -0.15) is 0 Å². The first-order valence-corrected chi connectivity index (χ1v) is 5.41. The second-order valence-electron chi connectivity index (χ2n) is 3.89. The molecule has 3 aromatic rings. The van der Waals surface area contributed by atoms with Crippen LogP contribution in [0.1, 0.15) is 0 Å². The summed E-state index contributed by atoms with van der Waals surface area (Å²) in [6.07, 6.45) is 5.44. The highest BCUT2D eigenvalue weighted by atomic mass is 16.6. The maximum Gasteiger partial charge on any atom is 0.269 e. The van der Waals surface area contributed by atoms with Crippen molar-refractivity contribution in [3.8, 4) is 5.69 Å². The summed E-state index contributed by atoms with van der Waals surface area (Å²) < 4.78 is 1.97. The standard InChI is InChI=1S/C13H9N3O2/c17-16(18)12-3-1-11(2-4-12)15-8-6-10-9-14-7-5-13(10)15/h1-9H. The van der Waals surface area contributed by atoms with E-state index in [4.69, 9.17) is 0 Å². The maximum absolute atomic E-state index is 10.6. The number of hydrogen-bond donors (Lipinski definition) is 0. The quantitative estimate of drug-likeness (QED) is 0.510. The van der Waals surface area contributed by atoms with E-state index in [0.29, 0.717) is 0 Å². The Bertz CT molecular complexity index is 716. The number of benzene rings is 1. The summed E-state index contributed by atoms with van der Waals surface area (Å²) in [6.45, 7) is 0. The van der Waals surface area contributed by atoms with Gasteiger partial charge in [-0.3, -0.25) is 15.1 Å². The number of nitrogens with zero attached hydrogens (tertiary/aromatic N) is 3. The van der Waals surface area contributed by atoms with Crippen LogP contribution in [0, 0.1) is 10.1 Å². The van der Waals surface area contributed by atoms with Crippen molar-refractivity contribution in [2.24, 2.45) is 0 Å². The Labute approximate surface area is 102 Å². The molecular formula is C13H9N3O2. The van der Waals surface area contributed by atoms with Gasteiger partial charge in [0, 0.05) is 41.8 Å². The van der Waals surface area contributed by atoms with E-state index in [1.807, 2.05) is 22.9 Å². The first-order valence-electron chi connectivity index (χ1n) is 5.41. The van der Waals surface area contributed by atoms with Crippen LogP contribution in [0.4, 0.5) is 5.69 Å². The molecule has 0 aliphatic rings. The molecule has 0 N–H and O–H groups in total. The average molecular weight is 239 g/mol. The van der Waals surface area contributed by atoms with E-state index in [1.165, 1.54) is 12.1 Å². The summed E-state index contributed by atoms with van der Waals surface area (Å²) in [5.74, 6) is 0. The molecule has 5 nitrogen and oxygen atoms in total. The van der Waals surface area contributed by atoms with Crippen LogP contribution < -0.4 is 0 Å². The van der Waals surface area contributed by atoms with Crippen molar-refractivity contribution in [3.63, 3.8) is 0 Å². The van der Waals surface area contributed by atoms with E-state index in [9.17, 15) is 10.1 Å². The highest BCUT2D eigenvalue weighted by Crippen LogP contribution is 2.21. The molecule has 0 unspecified atom stereocenters. The number of non-ortho nitro benzene ring substituents is 1. The van der Waals surface area contributed by atoms with Gasteiger partial charge in [-0.1, -0.05) is 0 Å². The Morgan fingerprint density at radius 3 is 2.61 bits per heavy atom. The van der Waals surface area contributed by atoms with Crippen LogP contribution in [0.3, 0.4) is 0 Å². The van der Waals surface area contributed by atoms with Crippen molar-refractivity contribution >= 4 is 16.6 Å². The first-order chi connectivity index (χ1) is 8.75. The van der Waals surface area contributed by atoms with Gasteiger partial charge >= 0.3 is 0 Å². The van der Waals surface area contributed by atoms with E-state index in [1.54, 1.807) is 24.5 Å². The molecule has 0 aliphatic carbocycles. The molecule has 2 aromatic heterocycles. The minimum absolute atomic E-state index is 0.0943. The van der Waals surface area contributed by atoms with Crippen LogP contribution in [0.2, 0.25) is 0 Å². The Morgan fingerprint density at radius 1 is 1.11 bits per heavy atom. The van der Waals surface area contributed by atoms with Crippen LogP contribution >= 0.6 is 0 Å². The van der Waals surface area contributed by atoms with Crippen molar-refractivity contribution < 1.29 is 4.92 Å². The number of nitro benzene ring substituents is 1. The second-order valence-corrected chi connectivity index (χ2v) is 3.89. The van der Waals surface area contributed by atoms with Gasteiger partial charge in [-0.25, -0.2) is 0 Å². The van der Waals surface area contributed by atoms with Gasteiger partial charge in [0.05, 0.1) is 10.4 Å². The SMILES string of the molecule is O=[N+]([O-])c1ccc(-n2ccc3cnccc32)cc1. The molecule has 5 heteroatoms. The fourth-order valence-corrected chi connectivity index (χ4v) is 1.94. The third-order valence-corrected chi connectivity index (χ3v) is 2.83. The largest absolute Gasteiger partial charge is 0.316 e. The molecule has 3 rings (SSSR count). The lowest BCUT2D eigenvalue weighted by Gasteiger charge is -2.04. The fourth-order valence-electron chi connectivity index (χ4n) is 1.94. The number of rotatable bonds is 2. The number of nitro groups is 1. The molecule has 0 saturated heterocycles. The summed E-state index contributed by atoms with van der Waals surface area (Å²) >= 11 is 0. The van der Waals surface area contributed by atoms with Gasteiger partial charge < -0.3 is 4.57 Å². The third-order valence-electron chi connectivity index (χ3n) is 2.83. The molecule has 0 saturated carbocycles. The second kappa shape index (κ2) is 3.96. The van der Waals surface area contributed by atoms with Gasteiger partial charge in [-0.15, -0.1) is 0 Å². The predicted molar refractivity (Wildman–Crippen MR) is 67.7 cm³/mol. The first kappa shape index (κ1) is 10.5. The highest BCUT2D eigenvalue weighted by Gasteiger charge is 2.06. The van der Waals surface area contributed by atoms with Crippen molar-refractivity contribution in [2.45, 2.75) is 0 Å². The molecule has 0 bridgehead atoms. The van der Waals surface area contributed by atoms with Gasteiger partial charge in [0.15, 0.2) is 0 Å².